The predicted molar refractivity (Wildman–Crippen MR) is 132 cm³/mol. The average Bonchev–Trinajstić information content (AvgIpc) is 3.19. The van der Waals surface area contributed by atoms with E-state index >= 15 is 0 Å². The van der Waals surface area contributed by atoms with E-state index in [-0.39, 0.29) is 24.5 Å². The lowest BCUT2D eigenvalue weighted by atomic mass is 9.99. The number of fused-ring (bicyclic) bond motifs is 1. The molecule has 1 saturated heterocycles. The SMILES string of the molecule is COC(=O)Cn1c(=NC(=O)C2CCCN(S(=O)(=O)c3ccc(F)cc3)C2)sc2cc(SC)ccc21. The standard InChI is InChI=1S/C23H24FN3O5S3/c1-32-21(28)14-27-19-10-7-17(33-2)12-20(19)34-23(27)25-22(29)15-4-3-11-26(13-15)35(30,31)18-8-5-16(24)6-9-18/h5-10,12,15H,3-4,11,13-14H2,1-2H3. The summed E-state index contributed by atoms with van der Waals surface area (Å²) in [6.07, 6.45) is 2.95. The molecule has 0 aliphatic carbocycles. The van der Waals surface area contributed by atoms with Gasteiger partial charge in [0.25, 0.3) is 5.91 Å². The van der Waals surface area contributed by atoms with Crippen LogP contribution in [0.2, 0.25) is 0 Å². The highest BCUT2D eigenvalue weighted by Crippen LogP contribution is 2.26. The number of hydrogen-bond acceptors (Lipinski definition) is 7. The number of ether oxygens (including phenoxy) is 1. The molecule has 0 spiro atoms. The van der Waals surface area contributed by atoms with Gasteiger partial charge >= 0.3 is 5.97 Å². The molecule has 8 nitrogen and oxygen atoms in total. The summed E-state index contributed by atoms with van der Waals surface area (Å²) in [5.74, 6) is -2.07. The van der Waals surface area contributed by atoms with Crippen LogP contribution in [0.15, 0.2) is 57.2 Å². The quantitative estimate of drug-likeness (QED) is 0.354. The number of hydrogen-bond donors (Lipinski definition) is 0. The third-order valence-electron chi connectivity index (χ3n) is 5.80. The van der Waals surface area contributed by atoms with Crippen LogP contribution < -0.4 is 4.80 Å². The zero-order valence-electron chi connectivity index (χ0n) is 19.1. The Hall–Kier alpha value is -2.54. The van der Waals surface area contributed by atoms with Gasteiger partial charge in [-0.15, -0.1) is 11.8 Å². The van der Waals surface area contributed by atoms with Gasteiger partial charge in [-0.1, -0.05) is 11.3 Å². The number of thiazole rings is 1. The fourth-order valence-electron chi connectivity index (χ4n) is 3.92. The molecule has 1 atom stereocenters. The van der Waals surface area contributed by atoms with Crippen molar-refractivity contribution in [1.29, 1.82) is 0 Å². The van der Waals surface area contributed by atoms with Crippen LogP contribution in [0.1, 0.15) is 12.8 Å². The van der Waals surface area contributed by atoms with Gasteiger partial charge in [-0.25, -0.2) is 12.8 Å². The molecule has 0 bridgehead atoms. The first-order valence-electron chi connectivity index (χ1n) is 10.8. The van der Waals surface area contributed by atoms with Crippen molar-refractivity contribution in [2.45, 2.75) is 29.2 Å². The normalized spacial score (nSPS) is 17.6. The number of carbonyl (C=O) groups excluding carboxylic acids is 2. The topological polar surface area (TPSA) is 98.0 Å². The monoisotopic (exact) mass is 537 g/mol. The molecule has 1 aromatic heterocycles. The van der Waals surface area contributed by atoms with Gasteiger partial charge in [0.1, 0.15) is 12.4 Å². The summed E-state index contributed by atoms with van der Waals surface area (Å²) in [5.41, 5.74) is 0.758. The maximum atomic E-state index is 13.2. The number of nitrogens with zero attached hydrogens (tertiary/aromatic N) is 3. The number of amides is 1. The van der Waals surface area contributed by atoms with E-state index in [1.807, 2.05) is 24.5 Å². The van der Waals surface area contributed by atoms with Gasteiger partial charge < -0.3 is 9.30 Å². The molecule has 2 aromatic carbocycles. The number of benzene rings is 2. The van der Waals surface area contributed by atoms with Crippen LogP contribution in [0.4, 0.5) is 4.39 Å². The van der Waals surface area contributed by atoms with Crippen LogP contribution in [0.25, 0.3) is 10.2 Å². The molecule has 1 unspecified atom stereocenters. The zero-order valence-corrected chi connectivity index (χ0v) is 21.6. The summed E-state index contributed by atoms with van der Waals surface area (Å²) < 4.78 is 47.9. The predicted octanol–water partition coefficient (Wildman–Crippen LogP) is 3.27. The summed E-state index contributed by atoms with van der Waals surface area (Å²) in [6, 6.07) is 10.4. The second-order valence-electron chi connectivity index (χ2n) is 7.99. The Kier molecular flexibility index (Phi) is 7.74. The molecule has 1 aliphatic heterocycles. The lowest BCUT2D eigenvalue weighted by Gasteiger charge is -2.30. The average molecular weight is 538 g/mol. The van der Waals surface area contributed by atoms with Gasteiger partial charge in [0.2, 0.25) is 10.0 Å². The molecule has 4 rings (SSSR count). The number of halogens is 1. The number of carbonyl (C=O) groups is 2. The van der Waals surface area contributed by atoms with E-state index in [1.54, 1.807) is 16.3 Å². The van der Waals surface area contributed by atoms with Crippen molar-refractivity contribution in [3.8, 4) is 0 Å². The molecule has 12 heteroatoms. The smallest absolute Gasteiger partial charge is 0.325 e. The summed E-state index contributed by atoms with van der Waals surface area (Å²) in [5, 5.41) is 0. The van der Waals surface area contributed by atoms with E-state index in [0.717, 1.165) is 27.2 Å². The molecule has 1 aliphatic rings. The van der Waals surface area contributed by atoms with Crippen molar-refractivity contribution in [3.63, 3.8) is 0 Å². The van der Waals surface area contributed by atoms with E-state index in [0.29, 0.717) is 17.6 Å². The Morgan fingerprint density at radius 3 is 2.66 bits per heavy atom. The Morgan fingerprint density at radius 2 is 1.97 bits per heavy atom. The minimum absolute atomic E-state index is 0.0133. The van der Waals surface area contributed by atoms with Crippen molar-refractivity contribution in [2.75, 3.05) is 26.5 Å². The second kappa shape index (κ2) is 10.6. The van der Waals surface area contributed by atoms with Gasteiger partial charge in [0.15, 0.2) is 4.80 Å². The highest BCUT2D eigenvalue weighted by molar-refractivity contribution is 7.98. The molecule has 1 fully saturated rings. The number of aromatic nitrogens is 1. The molecular formula is C23H24FN3O5S3. The van der Waals surface area contributed by atoms with Crippen LogP contribution in [0.3, 0.4) is 0 Å². The first kappa shape index (κ1) is 25.5. The Labute approximate surface area is 210 Å². The van der Waals surface area contributed by atoms with Crippen molar-refractivity contribution < 1.29 is 27.1 Å². The number of sulfonamides is 1. The van der Waals surface area contributed by atoms with E-state index in [9.17, 15) is 22.4 Å². The first-order chi connectivity index (χ1) is 16.7. The second-order valence-corrected chi connectivity index (χ2v) is 11.8. The van der Waals surface area contributed by atoms with Crippen LogP contribution >= 0.6 is 23.1 Å². The van der Waals surface area contributed by atoms with E-state index in [2.05, 4.69) is 4.99 Å². The lowest BCUT2D eigenvalue weighted by molar-refractivity contribution is -0.141. The largest absolute Gasteiger partial charge is 0.468 e. The molecule has 2 heterocycles. The number of methoxy groups -OCH3 is 1. The van der Waals surface area contributed by atoms with Gasteiger partial charge in [0.05, 0.1) is 28.1 Å². The fraction of sp³-hybridized carbons (Fsp3) is 0.348. The van der Waals surface area contributed by atoms with Crippen molar-refractivity contribution >= 4 is 55.2 Å². The van der Waals surface area contributed by atoms with Gasteiger partial charge in [-0.3, -0.25) is 9.59 Å². The number of rotatable bonds is 6. The third kappa shape index (κ3) is 5.50. The minimum Gasteiger partial charge on any atom is -0.468 e. The fourth-order valence-corrected chi connectivity index (χ4v) is 7.03. The van der Waals surface area contributed by atoms with Crippen molar-refractivity contribution in [3.05, 3.63) is 53.1 Å². The summed E-state index contributed by atoms with van der Waals surface area (Å²) in [7, 11) is -2.57. The number of thioether (sulfide) groups is 1. The molecule has 0 saturated carbocycles. The minimum atomic E-state index is -3.87. The maximum Gasteiger partial charge on any atom is 0.325 e. The van der Waals surface area contributed by atoms with E-state index in [4.69, 9.17) is 4.74 Å². The van der Waals surface area contributed by atoms with Gasteiger partial charge in [0, 0.05) is 18.0 Å². The zero-order chi connectivity index (χ0) is 25.2. The highest BCUT2D eigenvalue weighted by atomic mass is 32.2. The van der Waals surface area contributed by atoms with Crippen LogP contribution in [-0.4, -0.2) is 55.6 Å². The van der Waals surface area contributed by atoms with Crippen LogP contribution in [0.5, 0.6) is 0 Å². The maximum absolute atomic E-state index is 13.2. The number of esters is 1. The first-order valence-corrected chi connectivity index (χ1v) is 14.3. The molecule has 3 aromatic rings. The summed E-state index contributed by atoms with van der Waals surface area (Å²) in [4.78, 5) is 30.9. The molecular weight excluding hydrogens is 513 g/mol. The van der Waals surface area contributed by atoms with Crippen LogP contribution in [-0.2, 0) is 30.9 Å². The van der Waals surface area contributed by atoms with E-state index in [1.165, 1.54) is 34.9 Å². The Morgan fingerprint density at radius 1 is 1.23 bits per heavy atom. The van der Waals surface area contributed by atoms with Gasteiger partial charge in [-0.05, 0) is 61.6 Å². The summed E-state index contributed by atoms with van der Waals surface area (Å²) >= 11 is 2.87. The lowest BCUT2D eigenvalue weighted by Crippen LogP contribution is -2.42. The molecule has 186 valence electrons. The highest BCUT2D eigenvalue weighted by Gasteiger charge is 2.33. The molecule has 1 amide bonds. The van der Waals surface area contributed by atoms with E-state index < -0.39 is 33.6 Å². The van der Waals surface area contributed by atoms with Gasteiger partial charge in [-0.2, -0.15) is 9.30 Å². The third-order valence-corrected chi connectivity index (χ3v) is 9.44. The van der Waals surface area contributed by atoms with Crippen LogP contribution in [0, 0.1) is 11.7 Å². The van der Waals surface area contributed by atoms with Crippen molar-refractivity contribution in [1.82, 2.24) is 8.87 Å². The Balaban J connectivity index is 1.65. The molecule has 35 heavy (non-hydrogen) atoms. The number of piperidine rings is 1. The Bertz CT molecular complexity index is 1430. The van der Waals surface area contributed by atoms with Crippen molar-refractivity contribution in [2.24, 2.45) is 10.9 Å². The molecule has 0 radical (unpaired) electrons. The molecule has 0 N–H and O–H groups in total. The summed E-state index contributed by atoms with van der Waals surface area (Å²) in [6.45, 7) is 0.156.